The zero-order chi connectivity index (χ0) is 18.0. The molecule has 0 atom stereocenters. The summed E-state index contributed by atoms with van der Waals surface area (Å²) < 4.78 is 6.22. The molecule has 0 spiro atoms. The van der Waals surface area contributed by atoms with E-state index in [4.69, 9.17) is 40.2 Å². The van der Waals surface area contributed by atoms with Gasteiger partial charge in [-0.2, -0.15) is 0 Å². The largest absolute Gasteiger partial charge is 0.486 e. The molecule has 0 aliphatic carbocycles. The molecule has 128 valence electrons. The highest BCUT2D eigenvalue weighted by molar-refractivity contribution is 8.26. The van der Waals surface area contributed by atoms with E-state index >= 15 is 0 Å². The van der Waals surface area contributed by atoms with E-state index in [2.05, 4.69) is 5.32 Å². The van der Waals surface area contributed by atoms with E-state index in [1.165, 1.54) is 11.8 Å². The van der Waals surface area contributed by atoms with E-state index in [1.807, 2.05) is 31.2 Å². The number of carbonyl (C=O) groups excluding carboxylic acids is 1. The van der Waals surface area contributed by atoms with Crippen molar-refractivity contribution in [3.05, 3.63) is 68.0 Å². The summed E-state index contributed by atoms with van der Waals surface area (Å²) in [7, 11) is 0. The Hall–Kier alpha value is -1.53. The molecule has 7 heteroatoms. The molecule has 3 nitrogen and oxygen atoms in total. The van der Waals surface area contributed by atoms with Gasteiger partial charge in [-0.25, -0.2) is 0 Å². The Morgan fingerprint density at radius 1 is 1.24 bits per heavy atom. The first-order valence-electron chi connectivity index (χ1n) is 7.34. The lowest BCUT2D eigenvalue weighted by Crippen LogP contribution is -2.17. The number of aryl methyl sites for hydroxylation is 1. The molecule has 0 aromatic heterocycles. The minimum atomic E-state index is -0.220. The van der Waals surface area contributed by atoms with Crippen LogP contribution in [0.5, 0.6) is 5.75 Å². The van der Waals surface area contributed by atoms with E-state index in [-0.39, 0.29) is 5.91 Å². The van der Waals surface area contributed by atoms with Crippen molar-refractivity contribution in [2.24, 2.45) is 0 Å². The van der Waals surface area contributed by atoms with Gasteiger partial charge in [-0.05, 0) is 36.3 Å². The number of nitrogens with one attached hydrogen (secondary N) is 1. The molecule has 25 heavy (non-hydrogen) atoms. The summed E-state index contributed by atoms with van der Waals surface area (Å²) in [6, 6.07) is 11.4. The number of thioether (sulfide) groups is 1. The van der Waals surface area contributed by atoms with Crippen molar-refractivity contribution >= 4 is 63.5 Å². The van der Waals surface area contributed by atoms with Crippen LogP contribution in [0.2, 0.25) is 10.0 Å². The summed E-state index contributed by atoms with van der Waals surface area (Å²) in [6.07, 6.45) is 1.70. The van der Waals surface area contributed by atoms with Crippen molar-refractivity contribution < 1.29 is 9.53 Å². The summed E-state index contributed by atoms with van der Waals surface area (Å²) in [5.41, 5.74) is 2.90. The molecule has 2 aromatic rings. The van der Waals surface area contributed by atoms with Gasteiger partial charge in [0, 0.05) is 0 Å². The van der Waals surface area contributed by atoms with Crippen LogP contribution in [0.25, 0.3) is 6.08 Å². The Morgan fingerprint density at radius 2 is 1.96 bits per heavy atom. The lowest BCUT2D eigenvalue weighted by molar-refractivity contribution is -0.115. The van der Waals surface area contributed by atoms with Crippen molar-refractivity contribution in [3.8, 4) is 5.75 Å². The highest BCUT2D eigenvalue weighted by atomic mass is 35.5. The third-order valence-electron chi connectivity index (χ3n) is 3.43. The van der Waals surface area contributed by atoms with Crippen molar-refractivity contribution in [1.29, 1.82) is 0 Å². The van der Waals surface area contributed by atoms with Crippen LogP contribution in [-0.2, 0) is 11.4 Å². The molecular formula is C18H13Cl2NO2S2. The average molecular weight is 410 g/mol. The topological polar surface area (TPSA) is 38.3 Å². The predicted octanol–water partition coefficient (Wildman–Crippen LogP) is 5.37. The minimum Gasteiger partial charge on any atom is -0.486 e. The number of halogens is 2. The number of hydrogen-bond acceptors (Lipinski definition) is 4. The van der Waals surface area contributed by atoms with Crippen LogP contribution >= 0.6 is 47.2 Å². The third kappa shape index (κ3) is 4.55. The molecule has 1 aliphatic rings. The van der Waals surface area contributed by atoms with Gasteiger partial charge in [0.15, 0.2) is 5.75 Å². The maximum Gasteiger partial charge on any atom is 0.263 e. The van der Waals surface area contributed by atoms with Gasteiger partial charge in [-0.15, -0.1) is 0 Å². The number of hydrogen-bond donors (Lipinski definition) is 1. The van der Waals surface area contributed by atoms with Gasteiger partial charge in [-0.1, -0.05) is 77.0 Å². The van der Waals surface area contributed by atoms with Crippen LogP contribution < -0.4 is 10.1 Å². The molecule has 0 bridgehead atoms. The van der Waals surface area contributed by atoms with Gasteiger partial charge >= 0.3 is 0 Å². The molecule has 0 radical (unpaired) electrons. The second-order valence-electron chi connectivity index (χ2n) is 5.44. The average Bonchev–Trinajstić information content (AvgIpc) is 2.84. The smallest absolute Gasteiger partial charge is 0.263 e. The molecule has 1 N–H and O–H groups in total. The summed E-state index contributed by atoms with van der Waals surface area (Å²) in [6.45, 7) is 2.39. The molecule has 1 amide bonds. The van der Waals surface area contributed by atoms with E-state index < -0.39 is 0 Å². The van der Waals surface area contributed by atoms with Crippen LogP contribution in [-0.4, -0.2) is 10.2 Å². The number of thiocarbonyl (C=S) groups is 1. The standard InChI is InChI=1S/C18H13Cl2NO2S2/c1-10-3-2-4-11(5-10)9-23-16-13(19)6-12(7-14(16)20)8-15-17(22)21-18(24)25-15/h2-8H,9H2,1H3,(H,21,22,24)/b15-8-. The lowest BCUT2D eigenvalue weighted by atomic mass is 10.1. The zero-order valence-electron chi connectivity index (χ0n) is 13.1. The number of carbonyl (C=O) groups is 1. The minimum absolute atomic E-state index is 0.220. The number of amides is 1. The Bertz CT molecular complexity index is 873. The molecule has 1 heterocycles. The quantitative estimate of drug-likeness (QED) is 0.543. The predicted molar refractivity (Wildman–Crippen MR) is 108 cm³/mol. The van der Waals surface area contributed by atoms with Crippen LogP contribution in [0.1, 0.15) is 16.7 Å². The second-order valence-corrected chi connectivity index (χ2v) is 7.98. The fourth-order valence-corrected chi connectivity index (χ4v) is 3.99. The molecule has 1 aliphatic heterocycles. The Labute approximate surface area is 165 Å². The Kier molecular flexibility index (Phi) is 5.69. The van der Waals surface area contributed by atoms with Crippen LogP contribution in [0, 0.1) is 6.92 Å². The van der Waals surface area contributed by atoms with Crippen molar-refractivity contribution in [2.45, 2.75) is 13.5 Å². The van der Waals surface area contributed by atoms with E-state index in [0.29, 0.717) is 37.2 Å². The van der Waals surface area contributed by atoms with Gasteiger partial charge in [0.2, 0.25) is 0 Å². The number of rotatable bonds is 4. The van der Waals surface area contributed by atoms with Gasteiger partial charge < -0.3 is 10.1 Å². The van der Waals surface area contributed by atoms with E-state index in [9.17, 15) is 4.79 Å². The van der Waals surface area contributed by atoms with Crippen molar-refractivity contribution in [3.63, 3.8) is 0 Å². The fraction of sp³-hybridized carbons (Fsp3) is 0.111. The monoisotopic (exact) mass is 409 g/mol. The summed E-state index contributed by atoms with van der Waals surface area (Å²) in [5.74, 6) is 0.202. The molecule has 0 saturated carbocycles. The van der Waals surface area contributed by atoms with Gasteiger partial charge in [0.25, 0.3) is 5.91 Å². The highest BCUT2D eigenvalue weighted by Gasteiger charge is 2.22. The first-order valence-corrected chi connectivity index (χ1v) is 9.32. The maximum atomic E-state index is 11.7. The summed E-state index contributed by atoms with van der Waals surface area (Å²) >= 11 is 18.8. The highest BCUT2D eigenvalue weighted by Crippen LogP contribution is 2.36. The molecule has 2 aromatic carbocycles. The van der Waals surface area contributed by atoms with Crippen LogP contribution in [0.15, 0.2) is 41.3 Å². The number of ether oxygens (including phenoxy) is 1. The van der Waals surface area contributed by atoms with Gasteiger partial charge in [0.05, 0.1) is 15.0 Å². The Balaban J connectivity index is 1.80. The molecule has 1 saturated heterocycles. The van der Waals surface area contributed by atoms with Crippen molar-refractivity contribution in [1.82, 2.24) is 5.32 Å². The SMILES string of the molecule is Cc1cccc(COc2c(Cl)cc(/C=C3\SC(=S)NC3=O)cc2Cl)c1. The van der Waals surface area contributed by atoms with E-state index in [0.717, 1.165) is 11.1 Å². The summed E-state index contributed by atoms with van der Waals surface area (Å²) in [4.78, 5) is 12.2. The van der Waals surface area contributed by atoms with Crippen molar-refractivity contribution in [2.75, 3.05) is 0 Å². The molecule has 1 fully saturated rings. The van der Waals surface area contributed by atoms with Crippen LogP contribution in [0.3, 0.4) is 0 Å². The lowest BCUT2D eigenvalue weighted by Gasteiger charge is -2.11. The zero-order valence-corrected chi connectivity index (χ0v) is 16.3. The van der Waals surface area contributed by atoms with E-state index in [1.54, 1.807) is 18.2 Å². The van der Waals surface area contributed by atoms with Gasteiger partial charge in [0.1, 0.15) is 10.9 Å². The molecular weight excluding hydrogens is 397 g/mol. The first-order chi connectivity index (χ1) is 11.9. The Morgan fingerprint density at radius 3 is 2.56 bits per heavy atom. The third-order valence-corrected chi connectivity index (χ3v) is 5.15. The number of benzene rings is 2. The first kappa shape index (κ1) is 18.3. The second kappa shape index (κ2) is 7.79. The van der Waals surface area contributed by atoms with Gasteiger partial charge in [-0.3, -0.25) is 4.79 Å². The molecule has 0 unspecified atom stereocenters. The maximum absolute atomic E-state index is 11.7. The molecule has 3 rings (SSSR count). The summed E-state index contributed by atoms with van der Waals surface area (Å²) in [5, 5.41) is 3.34. The fourth-order valence-electron chi connectivity index (χ4n) is 2.33. The normalized spacial score (nSPS) is 15.6. The van der Waals surface area contributed by atoms with Crippen LogP contribution in [0.4, 0.5) is 0 Å².